The monoisotopic (exact) mass is 309 g/mol. The van der Waals surface area contributed by atoms with E-state index in [0.29, 0.717) is 10.6 Å². The molecule has 0 unspecified atom stereocenters. The Labute approximate surface area is 131 Å². The summed E-state index contributed by atoms with van der Waals surface area (Å²) in [5.74, 6) is 1.76. The van der Waals surface area contributed by atoms with E-state index in [1.165, 1.54) is 25.7 Å². The Kier molecular flexibility index (Phi) is 5.88. The number of oxime groups is 1. The zero-order valence-electron chi connectivity index (χ0n) is 12.5. The molecular formula is C16H24ClN3O. The number of nitrogens with one attached hydrogen (secondary N) is 1. The number of benzene rings is 1. The number of nitrogens with two attached hydrogens (primary N) is 1. The van der Waals surface area contributed by atoms with E-state index in [0.717, 1.165) is 30.5 Å². The van der Waals surface area contributed by atoms with Gasteiger partial charge in [0.05, 0.1) is 0 Å². The van der Waals surface area contributed by atoms with E-state index in [1.807, 2.05) is 12.1 Å². The summed E-state index contributed by atoms with van der Waals surface area (Å²) in [6.45, 7) is 4.14. The lowest BCUT2D eigenvalue weighted by Gasteiger charge is -2.26. The fraction of sp³-hybridized carbons (Fsp3) is 0.562. The van der Waals surface area contributed by atoms with Crippen molar-refractivity contribution in [1.29, 1.82) is 0 Å². The summed E-state index contributed by atoms with van der Waals surface area (Å²) in [5.41, 5.74) is 7.22. The maximum absolute atomic E-state index is 8.66. The van der Waals surface area contributed by atoms with Gasteiger partial charge in [-0.25, -0.2) is 0 Å². The molecular weight excluding hydrogens is 286 g/mol. The topological polar surface area (TPSA) is 70.6 Å². The summed E-state index contributed by atoms with van der Waals surface area (Å²) in [6.07, 6.45) is 5.35. The van der Waals surface area contributed by atoms with Gasteiger partial charge in [-0.3, -0.25) is 0 Å². The molecule has 116 valence electrons. The van der Waals surface area contributed by atoms with Crippen molar-refractivity contribution in [3.8, 4) is 0 Å². The van der Waals surface area contributed by atoms with Crippen LogP contribution in [0.3, 0.4) is 0 Å². The zero-order chi connectivity index (χ0) is 15.2. The molecule has 0 aromatic heterocycles. The predicted molar refractivity (Wildman–Crippen MR) is 86.8 cm³/mol. The third-order valence-corrected chi connectivity index (χ3v) is 4.69. The van der Waals surface area contributed by atoms with E-state index in [1.54, 1.807) is 6.07 Å². The van der Waals surface area contributed by atoms with Crippen LogP contribution in [0.5, 0.6) is 0 Å². The molecule has 1 aromatic rings. The minimum atomic E-state index is 0.0766. The molecule has 1 saturated carbocycles. The molecule has 0 aliphatic heterocycles. The standard InChI is InChI=1S/C16H24ClN3O/c1-11-2-4-12(5-3-11)9-19-10-14-7-6-13(8-15(14)17)16(18)20-21/h6-8,11-12,19,21H,2-5,9-10H2,1H3,(H2,18,20). The van der Waals surface area contributed by atoms with Crippen LogP contribution < -0.4 is 11.1 Å². The summed E-state index contributed by atoms with van der Waals surface area (Å²) in [6, 6.07) is 5.47. The van der Waals surface area contributed by atoms with Gasteiger partial charge in [0.15, 0.2) is 5.84 Å². The van der Waals surface area contributed by atoms with E-state index in [9.17, 15) is 0 Å². The summed E-state index contributed by atoms with van der Waals surface area (Å²) in [4.78, 5) is 0. The molecule has 21 heavy (non-hydrogen) atoms. The number of hydrogen-bond acceptors (Lipinski definition) is 3. The van der Waals surface area contributed by atoms with Crippen molar-refractivity contribution < 1.29 is 5.21 Å². The van der Waals surface area contributed by atoms with Crippen LogP contribution in [0.1, 0.15) is 43.7 Å². The average Bonchev–Trinajstić information content (AvgIpc) is 2.50. The smallest absolute Gasteiger partial charge is 0.170 e. The molecule has 2 rings (SSSR count). The Hall–Kier alpha value is -1.26. The predicted octanol–water partition coefficient (Wildman–Crippen LogP) is 3.35. The lowest BCUT2D eigenvalue weighted by atomic mass is 9.83. The van der Waals surface area contributed by atoms with Gasteiger partial charge in [-0.2, -0.15) is 0 Å². The van der Waals surface area contributed by atoms with Crippen LogP contribution in [0.15, 0.2) is 23.4 Å². The molecule has 0 radical (unpaired) electrons. The average molecular weight is 310 g/mol. The van der Waals surface area contributed by atoms with Crippen LogP contribution in [0.2, 0.25) is 5.02 Å². The van der Waals surface area contributed by atoms with Gasteiger partial charge in [-0.1, -0.05) is 48.7 Å². The van der Waals surface area contributed by atoms with Crippen LogP contribution in [-0.2, 0) is 6.54 Å². The Bertz CT molecular complexity index is 496. The first-order valence-electron chi connectivity index (χ1n) is 7.57. The summed E-state index contributed by atoms with van der Waals surface area (Å²) < 4.78 is 0. The number of rotatable bonds is 5. The Morgan fingerprint density at radius 2 is 2.10 bits per heavy atom. The van der Waals surface area contributed by atoms with Crippen molar-refractivity contribution in [1.82, 2.24) is 5.32 Å². The van der Waals surface area contributed by atoms with Crippen LogP contribution in [0.4, 0.5) is 0 Å². The SMILES string of the molecule is CC1CCC(CNCc2ccc(/C(N)=N/O)cc2Cl)CC1. The fourth-order valence-corrected chi connectivity index (χ4v) is 3.10. The first-order valence-corrected chi connectivity index (χ1v) is 7.95. The maximum Gasteiger partial charge on any atom is 0.170 e. The van der Waals surface area contributed by atoms with Crippen molar-refractivity contribution in [3.05, 3.63) is 34.3 Å². The second-order valence-electron chi connectivity index (χ2n) is 6.05. The highest BCUT2D eigenvalue weighted by Gasteiger charge is 2.17. The highest BCUT2D eigenvalue weighted by Crippen LogP contribution is 2.27. The van der Waals surface area contributed by atoms with E-state index in [-0.39, 0.29) is 5.84 Å². The second kappa shape index (κ2) is 7.66. The Balaban J connectivity index is 1.83. The van der Waals surface area contributed by atoms with Gasteiger partial charge >= 0.3 is 0 Å². The fourth-order valence-electron chi connectivity index (χ4n) is 2.85. The molecule has 1 fully saturated rings. The summed E-state index contributed by atoms with van der Waals surface area (Å²) >= 11 is 6.24. The molecule has 4 nitrogen and oxygen atoms in total. The minimum absolute atomic E-state index is 0.0766. The van der Waals surface area contributed by atoms with E-state index in [2.05, 4.69) is 17.4 Å². The minimum Gasteiger partial charge on any atom is -0.409 e. The highest BCUT2D eigenvalue weighted by molar-refractivity contribution is 6.31. The van der Waals surface area contributed by atoms with Gasteiger partial charge in [-0.15, -0.1) is 0 Å². The van der Waals surface area contributed by atoms with Crippen molar-refractivity contribution in [2.45, 2.75) is 39.2 Å². The van der Waals surface area contributed by atoms with Crippen LogP contribution in [-0.4, -0.2) is 17.6 Å². The van der Waals surface area contributed by atoms with Crippen LogP contribution >= 0.6 is 11.6 Å². The van der Waals surface area contributed by atoms with Crippen molar-refractivity contribution in [3.63, 3.8) is 0 Å². The first kappa shape index (κ1) is 16.1. The van der Waals surface area contributed by atoms with Crippen LogP contribution in [0.25, 0.3) is 0 Å². The number of nitrogens with zero attached hydrogens (tertiary/aromatic N) is 1. The van der Waals surface area contributed by atoms with Gasteiger partial charge in [-0.05, 0) is 42.9 Å². The summed E-state index contributed by atoms with van der Waals surface area (Å²) in [5, 5.41) is 15.8. The van der Waals surface area contributed by atoms with Gasteiger partial charge in [0.1, 0.15) is 0 Å². The van der Waals surface area contributed by atoms with Crippen molar-refractivity contribution in [2.24, 2.45) is 22.7 Å². The normalized spacial score (nSPS) is 23.2. The third-order valence-electron chi connectivity index (χ3n) is 4.34. The molecule has 1 aromatic carbocycles. The largest absolute Gasteiger partial charge is 0.409 e. The van der Waals surface area contributed by atoms with Crippen molar-refractivity contribution >= 4 is 17.4 Å². The van der Waals surface area contributed by atoms with Gasteiger partial charge in [0.25, 0.3) is 0 Å². The molecule has 0 spiro atoms. The molecule has 1 aliphatic carbocycles. The van der Waals surface area contributed by atoms with Crippen molar-refractivity contribution in [2.75, 3.05) is 6.54 Å². The van der Waals surface area contributed by atoms with E-state index < -0.39 is 0 Å². The molecule has 0 saturated heterocycles. The quantitative estimate of drug-likeness (QED) is 0.338. The second-order valence-corrected chi connectivity index (χ2v) is 6.46. The van der Waals surface area contributed by atoms with E-state index >= 15 is 0 Å². The maximum atomic E-state index is 8.66. The molecule has 0 amide bonds. The van der Waals surface area contributed by atoms with Crippen LogP contribution in [0, 0.1) is 11.8 Å². The molecule has 0 atom stereocenters. The highest BCUT2D eigenvalue weighted by atomic mass is 35.5. The number of halogens is 1. The lowest BCUT2D eigenvalue weighted by molar-refractivity contribution is 0.281. The Morgan fingerprint density at radius 3 is 2.71 bits per heavy atom. The van der Waals surface area contributed by atoms with E-state index in [4.69, 9.17) is 22.5 Å². The molecule has 5 heteroatoms. The molecule has 0 bridgehead atoms. The third kappa shape index (κ3) is 4.61. The first-order chi connectivity index (χ1) is 10.1. The number of hydrogen-bond donors (Lipinski definition) is 3. The zero-order valence-corrected chi connectivity index (χ0v) is 13.2. The molecule has 4 N–H and O–H groups in total. The number of amidine groups is 1. The lowest BCUT2D eigenvalue weighted by Crippen LogP contribution is -2.25. The Morgan fingerprint density at radius 1 is 1.38 bits per heavy atom. The van der Waals surface area contributed by atoms with Gasteiger partial charge in [0, 0.05) is 17.1 Å². The molecule has 1 aliphatic rings. The van der Waals surface area contributed by atoms with Gasteiger partial charge < -0.3 is 16.3 Å². The summed E-state index contributed by atoms with van der Waals surface area (Å²) in [7, 11) is 0. The molecule has 0 heterocycles. The van der Waals surface area contributed by atoms with Gasteiger partial charge in [0.2, 0.25) is 0 Å².